The zero-order valence-electron chi connectivity index (χ0n) is 9.59. The fourth-order valence-electron chi connectivity index (χ4n) is 2.16. The largest absolute Gasteiger partial charge is 0.416 e. The van der Waals surface area contributed by atoms with E-state index in [-0.39, 0.29) is 6.04 Å². The van der Waals surface area contributed by atoms with E-state index in [2.05, 4.69) is 0 Å². The highest BCUT2D eigenvalue weighted by atomic mass is 19.4. The number of nitrogens with two attached hydrogens (primary N) is 1. The molecule has 1 heterocycles. The summed E-state index contributed by atoms with van der Waals surface area (Å²) in [6.45, 7) is 0.777. The van der Waals surface area contributed by atoms with Gasteiger partial charge < -0.3 is 10.6 Å². The van der Waals surface area contributed by atoms with Crippen LogP contribution in [0.2, 0.25) is 0 Å². The first-order chi connectivity index (χ1) is 7.88. The van der Waals surface area contributed by atoms with Crippen molar-refractivity contribution in [2.45, 2.75) is 25.1 Å². The topological polar surface area (TPSA) is 29.3 Å². The molecule has 1 aliphatic heterocycles. The molecule has 1 unspecified atom stereocenters. The van der Waals surface area contributed by atoms with Crippen LogP contribution in [0, 0.1) is 0 Å². The van der Waals surface area contributed by atoms with Crippen molar-refractivity contribution in [3.05, 3.63) is 29.3 Å². The van der Waals surface area contributed by atoms with Crippen molar-refractivity contribution in [3.8, 4) is 0 Å². The van der Waals surface area contributed by atoms with E-state index in [9.17, 15) is 13.2 Å². The van der Waals surface area contributed by atoms with Gasteiger partial charge in [-0.25, -0.2) is 0 Å². The third-order valence-electron chi connectivity index (χ3n) is 3.14. The van der Waals surface area contributed by atoms with Crippen LogP contribution in [0.3, 0.4) is 0 Å². The molecule has 2 rings (SSSR count). The van der Waals surface area contributed by atoms with Crippen molar-refractivity contribution in [2.24, 2.45) is 5.73 Å². The second kappa shape index (κ2) is 4.22. The highest BCUT2D eigenvalue weighted by Crippen LogP contribution is 2.34. The van der Waals surface area contributed by atoms with E-state index in [1.807, 2.05) is 11.9 Å². The van der Waals surface area contributed by atoms with Gasteiger partial charge in [0.2, 0.25) is 0 Å². The molecule has 1 atom stereocenters. The third kappa shape index (κ3) is 2.54. The minimum absolute atomic E-state index is 0.0674. The van der Waals surface area contributed by atoms with E-state index in [0.717, 1.165) is 24.7 Å². The summed E-state index contributed by atoms with van der Waals surface area (Å²) in [5.74, 6) is 0. The molecule has 0 bridgehead atoms. The molecule has 0 aliphatic carbocycles. The lowest BCUT2D eigenvalue weighted by atomic mass is 10.0. The summed E-state index contributed by atoms with van der Waals surface area (Å²) >= 11 is 0. The van der Waals surface area contributed by atoms with Gasteiger partial charge in [0.05, 0.1) is 5.56 Å². The van der Waals surface area contributed by atoms with Crippen LogP contribution in [-0.4, -0.2) is 19.6 Å². The van der Waals surface area contributed by atoms with E-state index < -0.39 is 11.7 Å². The van der Waals surface area contributed by atoms with Crippen LogP contribution >= 0.6 is 0 Å². The van der Waals surface area contributed by atoms with Gasteiger partial charge in [-0.3, -0.25) is 0 Å². The van der Waals surface area contributed by atoms with Crippen molar-refractivity contribution >= 4 is 5.69 Å². The molecular formula is C12H15F3N2. The lowest BCUT2D eigenvalue weighted by molar-refractivity contribution is -0.137. The van der Waals surface area contributed by atoms with Gasteiger partial charge in [-0.2, -0.15) is 13.2 Å². The Morgan fingerprint density at radius 2 is 2.06 bits per heavy atom. The Morgan fingerprint density at radius 1 is 1.35 bits per heavy atom. The number of alkyl halides is 3. The number of hydrogen-bond donors (Lipinski definition) is 1. The molecule has 1 aromatic rings. The van der Waals surface area contributed by atoms with Gasteiger partial charge in [-0.1, -0.05) is 0 Å². The molecule has 0 saturated heterocycles. The van der Waals surface area contributed by atoms with Crippen molar-refractivity contribution < 1.29 is 13.2 Å². The second-order valence-electron chi connectivity index (χ2n) is 4.52. The van der Waals surface area contributed by atoms with Crippen LogP contribution in [0.1, 0.15) is 17.5 Å². The number of halogens is 3. The van der Waals surface area contributed by atoms with E-state index in [1.165, 1.54) is 12.1 Å². The molecular weight excluding hydrogens is 229 g/mol. The monoisotopic (exact) mass is 244 g/mol. The maximum atomic E-state index is 12.6. The van der Waals surface area contributed by atoms with Gasteiger partial charge in [0.25, 0.3) is 0 Å². The normalized spacial score (nSPS) is 21.0. The van der Waals surface area contributed by atoms with Crippen molar-refractivity contribution in [2.75, 3.05) is 18.5 Å². The zero-order chi connectivity index (χ0) is 12.6. The van der Waals surface area contributed by atoms with Gasteiger partial charge in [0.1, 0.15) is 0 Å². The predicted octanol–water partition coefficient (Wildman–Crippen LogP) is 2.42. The Labute approximate surface area is 98.2 Å². The first kappa shape index (κ1) is 12.2. The summed E-state index contributed by atoms with van der Waals surface area (Å²) in [6.07, 6.45) is -2.99. The number of anilines is 1. The summed E-state index contributed by atoms with van der Waals surface area (Å²) in [7, 11) is 1.88. The summed E-state index contributed by atoms with van der Waals surface area (Å²) in [5, 5.41) is 0. The Morgan fingerprint density at radius 3 is 2.71 bits per heavy atom. The van der Waals surface area contributed by atoms with Gasteiger partial charge in [-0.05, 0) is 36.6 Å². The van der Waals surface area contributed by atoms with Gasteiger partial charge >= 0.3 is 6.18 Å². The van der Waals surface area contributed by atoms with Gasteiger partial charge in [0.15, 0.2) is 0 Å². The number of rotatable bonds is 0. The summed E-state index contributed by atoms with van der Waals surface area (Å²) < 4.78 is 37.8. The maximum Gasteiger partial charge on any atom is 0.416 e. The van der Waals surface area contributed by atoms with Crippen LogP contribution in [0.5, 0.6) is 0 Å². The summed E-state index contributed by atoms with van der Waals surface area (Å²) in [4.78, 5) is 1.96. The van der Waals surface area contributed by atoms with Crippen LogP contribution in [0.4, 0.5) is 18.9 Å². The SMILES string of the molecule is CN1CCC(N)Cc2cc(C(F)(F)F)ccc21. The zero-order valence-corrected chi connectivity index (χ0v) is 9.59. The van der Waals surface area contributed by atoms with E-state index in [4.69, 9.17) is 5.73 Å². The lowest BCUT2D eigenvalue weighted by Crippen LogP contribution is -2.25. The molecule has 0 fully saturated rings. The number of fused-ring (bicyclic) bond motifs is 1. The quantitative estimate of drug-likeness (QED) is 0.759. The molecule has 1 aliphatic rings. The van der Waals surface area contributed by atoms with Crippen LogP contribution in [0.25, 0.3) is 0 Å². The number of hydrogen-bond acceptors (Lipinski definition) is 2. The highest BCUT2D eigenvalue weighted by Gasteiger charge is 2.31. The minimum atomic E-state index is -4.29. The summed E-state index contributed by atoms with van der Waals surface area (Å²) in [5.41, 5.74) is 6.80. The van der Waals surface area contributed by atoms with Crippen LogP contribution in [0.15, 0.2) is 18.2 Å². The fraction of sp³-hybridized carbons (Fsp3) is 0.500. The minimum Gasteiger partial charge on any atom is -0.374 e. The van der Waals surface area contributed by atoms with E-state index in [1.54, 1.807) is 0 Å². The lowest BCUT2D eigenvalue weighted by Gasteiger charge is -2.20. The molecule has 2 N–H and O–H groups in total. The smallest absolute Gasteiger partial charge is 0.374 e. The average molecular weight is 244 g/mol. The molecule has 0 saturated carbocycles. The maximum absolute atomic E-state index is 12.6. The fourth-order valence-corrected chi connectivity index (χ4v) is 2.16. The molecule has 2 nitrogen and oxygen atoms in total. The Kier molecular flexibility index (Phi) is 3.03. The van der Waals surface area contributed by atoms with Gasteiger partial charge in [-0.15, -0.1) is 0 Å². The van der Waals surface area contributed by atoms with Gasteiger partial charge in [0, 0.05) is 25.3 Å². The molecule has 0 radical (unpaired) electrons. The molecule has 0 aromatic heterocycles. The Hall–Kier alpha value is -1.23. The number of benzene rings is 1. The first-order valence-electron chi connectivity index (χ1n) is 5.55. The standard InChI is InChI=1S/C12H15F3N2/c1-17-5-4-10(16)7-8-6-9(12(13,14)15)2-3-11(8)17/h2-3,6,10H,4-5,7,16H2,1H3. The average Bonchev–Trinajstić information content (AvgIpc) is 2.37. The summed E-state index contributed by atoms with van der Waals surface area (Å²) in [6, 6.07) is 3.82. The van der Waals surface area contributed by atoms with E-state index >= 15 is 0 Å². The molecule has 5 heteroatoms. The van der Waals surface area contributed by atoms with Crippen molar-refractivity contribution in [1.29, 1.82) is 0 Å². The van der Waals surface area contributed by atoms with E-state index in [0.29, 0.717) is 12.0 Å². The molecule has 94 valence electrons. The third-order valence-corrected chi connectivity index (χ3v) is 3.14. The molecule has 0 amide bonds. The Balaban J connectivity index is 2.43. The molecule has 1 aromatic carbocycles. The first-order valence-corrected chi connectivity index (χ1v) is 5.55. The van der Waals surface area contributed by atoms with Crippen molar-refractivity contribution in [3.63, 3.8) is 0 Å². The molecule has 17 heavy (non-hydrogen) atoms. The highest BCUT2D eigenvalue weighted by molar-refractivity contribution is 5.56. The van der Waals surface area contributed by atoms with Crippen LogP contribution in [-0.2, 0) is 12.6 Å². The van der Waals surface area contributed by atoms with Crippen LogP contribution < -0.4 is 10.6 Å². The predicted molar refractivity (Wildman–Crippen MR) is 61.0 cm³/mol. The second-order valence-corrected chi connectivity index (χ2v) is 4.52. The van der Waals surface area contributed by atoms with Crippen molar-refractivity contribution in [1.82, 2.24) is 0 Å². The Bertz CT molecular complexity index is 415. The molecule has 0 spiro atoms. The number of nitrogens with zero attached hydrogens (tertiary/aromatic N) is 1.